The van der Waals surface area contributed by atoms with Crippen molar-refractivity contribution >= 4 is 9.84 Å². The molecule has 0 amide bonds. The third-order valence-corrected chi connectivity index (χ3v) is 4.95. The quantitative estimate of drug-likeness (QED) is 0.811. The standard InChI is InChI=1S/C17H20O3S/c1-14(2)12-13-20-16-10-6-7-11-17(16)21(18,19)15-8-4-3-5-9-15/h3-11,14H,12-13H2,1-2H3. The Morgan fingerprint density at radius 2 is 1.57 bits per heavy atom. The van der Waals surface area contributed by atoms with Crippen LogP contribution in [0.4, 0.5) is 0 Å². The summed E-state index contributed by atoms with van der Waals surface area (Å²) in [5.41, 5.74) is 0. The van der Waals surface area contributed by atoms with Gasteiger partial charge in [0.1, 0.15) is 10.6 Å². The zero-order valence-corrected chi connectivity index (χ0v) is 13.1. The molecule has 4 heteroatoms. The van der Waals surface area contributed by atoms with Crippen LogP contribution in [0.5, 0.6) is 5.75 Å². The van der Waals surface area contributed by atoms with E-state index in [9.17, 15) is 8.42 Å². The Morgan fingerprint density at radius 1 is 0.952 bits per heavy atom. The predicted octanol–water partition coefficient (Wildman–Crippen LogP) is 3.94. The van der Waals surface area contributed by atoms with Crippen molar-refractivity contribution in [2.24, 2.45) is 5.92 Å². The van der Waals surface area contributed by atoms with Crippen LogP contribution in [0.1, 0.15) is 20.3 Å². The first-order valence-electron chi connectivity index (χ1n) is 7.04. The van der Waals surface area contributed by atoms with Gasteiger partial charge >= 0.3 is 0 Å². The van der Waals surface area contributed by atoms with Crippen molar-refractivity contribution in [3.63, 3.8) is 0 Å². The van der Waals surface area contributed by atoms with Crippen LogP contribution in [0.2, 0.25) is 0 Å². The van der Waals surface area contributed by atoms with Crippen LogP contribution in [0.25, 0.3) is 0 Å². The molecule has 0 aliphatic carbocycles. The first kappa shape index (κ1) is 15.6. The molecule has 0 N–H and O–H groups in total. The lowest BCUT2D eigenvalue weighted by atomic mass is 10.1. The Bertz CT molecular complexity index is 676. The Morgan fingerprint density at radius 3 is 2.24 bits per heavy atom. The molecule has 112 valence electrons. The second kappa shape index (κ2) is 6.76. The fourth-order valence-corrected chi connectivity index (χ4v) is 3.34. The molecule has 2 aromatic rings. The van der Waals surface area contributed by atoms with Gasteiger partial charge in [0.15, 0.2) is 0 Å². The average molecular weight is 304 g/mol. The van der Waals surface area contributed by atoms with Gasteiger partial charge in [-0.25, -0.2) is 8.42 Å². The first-order chi connectivity index (χ1) is 10.0. The lowest BCUT2D eigenvalue weighted by Crippen LogP contribution is -2.07. The van der Waals surface area contributed by atoms with E-state index in [0.717, 1.165) is 6.42 Å². The van der Waals surface area contributed by atoms with E-state index >= 15 is 0 Å². The molecule has 0 aliphatic rings. The number of ether oxygens (including phenoxy) is 1. The third kappa shape index (κ3) is 3.85. The van der Waals surface area contributed by atoms with E-state index in [1.165, 1.54) is 0 Å². The molecule has 0 aromatic heterocycles. The van der Waals surface area contributed by atoms with Crippen LogP contribution in [0, 0.1) is 5.92 Å². The van der Waals surface area contributed by atoms with Crippen molar-refractivity contribution in [1.82, 2.24) is 0 Å². The van der Waals surface area contributed by atoms with Crippen LogP contribution in [0.15, 0.2) is 64.4 Å². The molecule has 0 unspecified atom stereocenters. The molecule has 0 radical (unpaired) electrons. The topological polar surface area (TPSA) is 43.4 Å². The highest BCUT2D eigenvalue weighted by molar-refractivity contribution is 7.91. The van der Waals surface area contributed by atoms with Crippen molar-refractivity contribution in [2.75, 3.05) is 6.61 Å². The van der Waals surface area contributed by atoms with E-state index in [2.05, 4.69) is 13.8 Å². The van der Waals surface area contributed by atoms with Crippen LogP contribution in [0.3, 0.4) is 0 Å². The normalized spacial score (nSPS) is 11.6. The molecule has 0 atom stereocenters. The summed E-state index contributed by atoms with van der Waals surface area (Å²) in [6.07, 6.45) is 0.889. The molecule has 2 aromatic carbocycles. The van der Waals surface area contributed by atoms with Gasteiger partial charge in [0, 0.05) is 0 Å². The van der Waals surface area contributed by atoms with E-state index < -0.39 is 9.84 Å². The SMILES string of the molecule is CC(C)CCOc1ccccc1S(=O)(=O)c1ccccc1. The molecular weight excluding hydrogens is 284 g/mol. The number of para-hydroxylation sites is 1. The van der Waals surface area contributed by atoms with Crippen molar-refractivity contribution in [3.8, 4) is 5.75 Å². The summed E-state index contributed by atoms with van der Waals surface area (Å²) in [5.74, 6) is 0.935. The number of rotatable bonds is 6. The largest absolute Gasteiger partial charge is 0.492 e. The molecule has 0 bridgehead atoms. The highest BCUT2D eigenvalue weighted by atomic mass is 32.2. The molecule has 0 aliphatic heterocycles. The highest BCUT2D eigenvalue weighted by Crippen LogP contribution is 2.29. The van der Waals surface area contributed by atoms with Gasteiger partial charge < -0.3 is 4.74 Å². The summed E-state index contributed by atoms with van der Waals surface area (Å²) >= 11 is 0. The minimum Gasteiger partial charge on any atom is -0.492 e. The molecule has 21 heavy (non-hydrogen) atoms. The fraction of sp³-hybridized carbons (Fsp3) is 0.294. The van der Waals surface area contributed by atoms with Crippen LogP contribution in [-0.2, 0) is 9.84 Å². The first-order valence-corrected chi connectivity index (χ1v) is 8.52. The van der Waals surface area contributed by atoms with E-state index in [1.54, 1.807) is 54.6 Å². The minimum atomic E-state index is -3.55. The van der Waals surface area contributed by atoms with Crippen molar-refractivity contribution in [1.29, 1.82) is 0 Å². The Balaban J connectivity index is 2.31. The lowest BCUT2D eigenvalue weighted by Gasteiger charge is -2.13. The summed E-state index contributed by atoms with van der Waals surface area (Å²) < 4.78 is 31.0. The molecule has 2 rings (SSSR count). The molecule has 0 saturated heterocycles. The Labute approximate surface area is 126 Å². The molecule has 0 spiro atoms. The van der Waals surface area contributed by atoms with E-state index in [-0.39, 0.29) is 9.79 Å². The zero-order valence-electron chi connectivity index (χ0n) is 12.3. The monoisotopic (exact) mass is 304 g/mol. The van der Waals surface area contributed by atoms with E-state index in [4.69, 9.17) is 4.74 Å². The van der Waals surface area contributed by atoms with Crippen molar-refractivity contribution in [3.05, 3.63) is 54.6 Å². The second-order valence-electron chi connectivity index (χ2n) is 5.29. The van der Waals surface area contributed by atoms with Gasteiger partial charge in [-0.3, -0.25) is 0 Å². The number of sulfone groups is 1. The van der Waals surface area contributed by atoms with Gasteiger partial charge in [-0.2, -0.15) is 0 Å². The predicted molar refractivity (Wildman–Crippen MR) is 83.3 cm³/mol. The van der Waals surface area contributed by atoms with E-state index in [1.807, 2.05) is 0 Å². The van der Waals surface area contributed by atoms with Gasteiger partial charge in [-0.05, 0) is 36.6 Å². The summed E-state index contributed by atoms with van der Waals surface area (Å²) in [6.45, 7) is 4.73. The van der Waals surface area contributed by atoms with Gasteiger partial charge in [-0.15, -0.1) is 0 Å². The Kier molecular flexibility index (Phi) is 5.02. The summed E-state index contributed by atoms with van der Waals surface area (Å²) in [6, 6.07) is 15.2. The zero-order chi connectivity index (χ0) is 15.3. The molecule has 3 nitrogen and oxygen atoms in total. The average Bonchev–Trinajstić information content (AvgIpc) is 2.48. The minimum absolute atomic E-state index is 0.222. The maximum atomic E-state index is 12.7. The van der Waals surface area contributed by atoms with Gasteiger partial charge in [-0.1, -0.05) is 44.2 Å². The van der Waals surface area contributed by atoms with E-state index in [0.29, 0.717) is 18.3 Å². The summed E-state index contributed by atoms with van der Waals surface area (Å²) in [7, 11) is -3.55. The van der Waals surface area contributed by atoms with Gasteiger partial charge in [0.05, 0.1) is 11.5 Å². The second-order valence-corrected chi connectivity index (χ2v) is 7.21. The van der Waals surface area contributed by atoms with Crippen LogP contribution in [-0.4, -0.2) is 15.0 Å². The van der Waals surface area contributed by atoms with Gasteiger partial charge in [0.25, 0.3) is 0 Å². The highest BCUT2D eigenvalue weighted by Gasteiger charge is 2.21. The van der Waals surface area contributed by atoms with Crippen LogP contribution < -0.4 is 4.74 Å². The van der Waals surface area contributed by atoms with Crippen molar-refractivity contribution < 1.29 is 13.2 Å². The molecule has 0 heterocycles. The number of hydrogen-bond donors (Lipinski definition) is 0. The Hall–Kier alpha value is -1.81. The summed E-state index contributed by atoms with van der Waals surface area (Å²) in [5, 5.41) is 0. The van der Waals surface area contributed by atoms with Crippen molar-refractivity contribution in [2.45, 2.75) is 30.1 Å². The molecular formula is C17H20O3S. The van der Waals surface area contributed by atoms with Crippen LogP contribution >= 0.6 is 0 Å². The smallest absolute Gasteiger partial charge is 0.210 e. The molecule has 0 saturated carbocycles. The summed E-state index contributed by atoms with van der Waals surface area (Å²) in [4.78, 5) is 0.505. The lowest BCUT2D eigenvalue weighted by molar-refractivity contribution is 0.283. The fourth-order valence-electron chi connectivity index (χ4n) is 1.92. The maximum absolute atomic E-state index is 12.7. The third-order valence-electron chi connectivity index (χ3n) is 3.14. The number of hydrogen-bond acceptors (Lipinski definition) is 3. The van der Waals surface area contributed by atoms with Gasteiger partial charge in [0.2, 0.25) is 9.84 Å². The number of benzene rings is 2. The molecule has 0 fully saturated rings. The maximum Gasteiger partial charge on any atom is 0.210 e.